The van der Waals surface area contributed by atoms with Crippen LogP contribution in [0.2, 0.25) is 0 Å². The van der Waals surface area contributed by atoms with Gasteiger partial charge in [-0.25, -0.2) is 18.2 Å². The summed E-state index contributed by atoms with van der Waals surface area (Å²) in [7, 11) is 0. The number of halogens is 4. The van der Waals surface area contributed by atoms with Gasteiger partial charge in [-0.3, -0.25) is 0 Å². The highest BCUT2D eigenvalue weighted by Crippen LogP contribution is 2.46. The second-order valence-electron chi connectivity index (χ2n) is 3.84. The molecule has 1 aliphatic rings. The van der Waals surface area contributed by atoms with Crippen molar-refractivity contribution in [3.8, 4) is 0 Å². The molecule has 0 saturated heterocycles. The molecule has 1 heterocycles. The maximum Gasteiger partial charge on any atom is 0.254 e. The van der Waals surface area contributed by atoms with Crippen molar-refractivity contribution in [1.82, 2.24) is 4.98 Å². The van der Waals surface area contributed by atoms with Crippen LogP contribution in [0.5, 0.6) is 0 Å². The Morgan fingerprint density at radius 1 is 1.44 bits per heavy atom. The zero-order valence-corrected chi connectivity index (χ0v) is 9.24. The summed E-state index contributed by atoms with van der Waals surface area (Å²) in [6.07, 6.45) is 1.94. The van der Waals surface area contributed by atoms with E-state index in [0.717, 1.165) is 6.07 Å². The summed E-state index contributed by atoms with van der Waals surface area (Å²) in [6.45, 7) is 0. The number of hydrogen-bond acceptors (Lipinski definition) is 2. The number of anilines is 1. The molecule has 1 unspecified atom stereocenters. The first kappa shape index (κ1) is 13.1. The number of nitrogen functional groups attached to an aromatic ring is 1. The molecule has 16 heavy (non-hydrogen) atoms. The average molecular weight is 253 g/mol. The van der Waals surface area contributed by atoms with Gasteiger partial charge < -0.3 is 5.73 Å². The van der Waals surface area contributed by atoms with E-state index in [1.807, 2.05) is 0 Å². The van der Waals surface area contributed by atoms with E-state index < -0.39 is 17.7 Å². The van der Waals surface area contributed by atoms with Crippen LogP contribution >= 0.6 is 12.4 Å². The Balaban J connectivity index is 0.00000128. The Morgan fingerprint density at radius 3 is 2.62 bits per heavy atom. The minimum atomic E-state index is -2.75. The number of pyridine rings is 1. The zero-order chi connectivity index (χ0) is 11.1. The van der Waals surface area contributed by atoms with Crippen molar-refractivity contribution < 1.29 is 13.2 Å². The molecule has 6 heteroatoms. The lowest BCUT2D eigenvalue weighted by atomic mass is 9.96. The molecular weight excluding hydrogens is 241 g/mol. The molecule has 1 aliphatic carbocycles. The maximum atomic E-state index is 13.3. The molecule has 2 rings (SSSR count). The summed E-state index contributed by atoms with van der Waals surface area (Å²) < 4.78 is 39.7. The Morgan fingerprint density at radius 2 is 2.12 bits per heavy atom. The molecule has 90 valence electrons. The Bertz CT molecular complexity index is 384. The molecule has 1 aromatic rings. The minimum absolute atomic E-state index is 0. The molecule has 2 nitrogen and oxygen atoms in total. The van der Waals surface area contributed by atoms with Gasteiger partial charge in [0.05, 0.1) is 0 Å². The van der Waals surface area contributed by atoms with Gasteiger partial charge in [-0.15, -0.1) is 12.4 Å². The van der Waals surface area contributed by atoms with Gasteiger partial charge in [-0.05, 0) is 24.5 Å². The van der Waals surface area contributed by atoms with Gasteiger partial charge >= 0.3 is 0 Å². The van der Waals surface area contributed by atoms with Gasteiger partial charge in [0.15, 0.2) is 11.6 Å². The lowest BCUT2D eigenvalue weighted by molar-refractivity contribution is -0.00909. The van der Waals surface area contributed by atoms with E-state index in [0.29, 0.717) is 12.8 Å². The maximum absolute atomic E-state index is 13.3. The lowest BCUT2D eigenvalue weighted by Gasteiger charge is -2.18. The summed E-state index contributed by atoms with van der Waals surface area (Å²) in [6, 6.07) is 1.06. The van der Waals surface area contributed by atoms with Crippen LogP contribution in [-0.4, -0.2) is 10.9 Å². The SMILES string of the molecule is Cl.Nc1ncc(C2CCCC2(F)F)cc1F. The number of nitrogens with two attached hydrogens (primary N) is 1. The number of hydrogen-bond donors (Lipinski definition) is 1. The third kappa shape index (κ3) is 2.24. The van der Waals surface area contributed by atoms with Crippen molar-refractivity contribution in [3.05, 3.63) is 23.6 Å². The predicted molar refractivity (Wildman–Crippen MR) is 57.4 cm³/mol. The third-order valence-corrected chi connectivity index (χ3v) is 2.81. The fourth-order valence-corrected chi connectivity index (χ4v) is 1.99. The quantitative estimate of drug-likeness (QED) is 0.834. The first-order valence-corrected chi connectivity index (χ1v) is 4.79. The largest absolute Gasteiger partial charge is 0.381 e. The summed E-state index contributed by atoms with van der Waals surface area (Å²) in [5, 5.41) is 0. The molecule has 1 fully saturated rings. The van der Waals surface area contributed by atoms with E-state index >= 15 is 0 Å². The van der Waals surface area contributed by atoms with E-state index in [2.05, 4.69) is 4.98 Å². The van der Waals surface area contributed by atoms with Crippen LogP contribution in [0.3, 0.4) is 0 Å². The van der Waals surface area contributed by atoms with Crippen molar-refractivity contribution in [3.63, 3.8) is 0 Å². The molecule has 2 N–H and O–H groups in total. The predicted octanol–water partition coefficient (Wildman–Crippen LogP) is 3.13. The molecular formula is C10H12ClF3N2. The normalized spacial score (nSPS) is 22.8. The van der Waals surface area contributed by atoms with Crippen molar-refractivity contribution in [2.75, 3.05) is 5.73 Å². The molecule has 0 aromatic carbocycles. The Hall–Kier alpha value is -0.970. The van der Waals surface area contributed by atoms with Gasteiger partial charge in [0.1, 0.15) is 0 Å². The highest BCUT2D eigenvalue weighted by molar-refractivity contribution is 5.85. The van der Waals surface area contributed by atoms with E-state index in [1.165, 1.54) is 6.20 Å². The minimum Gasteiger partial charge on any atom is -0.381 e. The standard InChI is InChI=1S/C10H11F3N2.ClH/c11-8-4-6(5-15-9(8)14)7-2-1-3-10(7,12)13;/h4-5,7H,1-3H2,(H2,14,15);1H. The van der Waals surface area contributed by atoms with Crippen LogP contribution in [0.4, 0.5) is 19.0 Å². The molecule has 0 bridgehead atoms. The van der Waals surface area contributed by atoms with Crippen molar-refractivity contribution in [2.24, 2.45) is 0 Å². The van der Waals surface area contributed by atoms with E-state index in [1.54, 1.807) is 0 Å². The van der Waals surface area contributed by atoms with Gasteiger partial charge in [0.25, 0.3) is 5.92 Å². The first-order valence-electron chi connectivity index (χ1n) is 4.79. The zero-order valence-electron chi connectivity index (χ0n) is 8.42. The second kappa shape index (κ2) is 4.49. The second-order valence-corrected chi connectivity index (χ2v) is 3.84. The molecule has 1 saturated carbocycles. The van der Waals surface area contributed by atoms with Crippen LogP contribution in [-0.2, 0) is 0 Å². The fourth-order valence-electron chi connectivity index (χ4n) is 1.99. The van der Waals surface area contributed by atoms with Crippen LogP contribution in [0.15, 0.2) is 12.3 Å². The van der Waals surface area contributed by atoms with Crippen LogP contribution in [0, 0.1) is 5.82 Å². The van der Waals surface area contributed by atoms with Gasteiger partial charge in [-0.1, -0.05) is 0 Å². The van der Waals surface area contributed by atoms with Crippen LogP contribution in [0.25, 0.3) is 0 Å². The summed E-state index contributed by atoms with van der Waals surface area (Å²) >= 11 is 0. The molecule has 0 amide bonds. The lowest BCUT2D eigenvalue weighted by Crippen LogP contribution is -2.20. The molecule has 0 aliphatic heterocycles. The molecule has 1 aromatic heterocycles. The van der Waals surface area contributed by atoms with Crippen molar-refractivity contribution in [1.29, 1.82) is 0 Å². The number of aromatic nitrogens is 1. The number of nitrogens with zero attached hydrogens (tertiary/aromatic N) is 1. The van der Waals surface area contributed by atoms with E-state index in [4.69, 9.17) is 5.73 Å². The smallest absolute Gasteiger partial charge is 0.254 e. The Labute approximate surface area is 97.5 Å². The molecule has 0 spiro atoms. The topological polar surface area (TPSA) is 38.9 Å². The molecule has 1 atom stereocenters. The highest BCUT2D eigenvalue weighted by Gasteiger charge is 2.44. The van der Waals surface area contributed by atoms with Crippen molar-refractivity contribution >= 4 is 18.2 Å². The van der Waals surface area contributed by atoms with Crippen molar-refractivity contribution in [2.45, 2.75) is 31.1 Å². The highest BCUT2D eigenvalue weighted by atomic mass is 35.5. The van der Waals surface area contributed by atoms with Gasteiger partial charge in [0.2, 0.25) is 0 Å². The third-order valence-electron chi connectivity index (χ3n) is 2.81. The summed E-state index contributed by atoms with van der Waals surface area (Å²) in [4.78, 5) is 3.56. The van der Waals surface area contributed by atoms with Gasteiger partial charge in [0, 0.05) is 18.5 Å². The fraction of sp³-hybridized carbons (Fsp3) is 0.500. The molecule has 0 radical (unpaired) electrons. The average Bonchev–Trinajstić information content (AvgIpc) is 2.50. The van der Waals surface area contributed by atoms with E-state index in [-0.39, 0.29) is 30.2 Å². The first-order chi connectivity index (χ1) is 7.00. The number of alkyl halides is 2. The summed E-state index contributed by atoms with van der Waals surface area (Å²) in [5.41, 5.74) is 5.42. The van der Waals surface area contributed by atoms with Gasteiger partial charge in [-0.2, -0.15) is 0 Å². The Kier molecular flexibility index (Phi) is 3.68. The number of rotatable bonds is 1. The summed E-state index contributed by atoms with van der Waals surface area (Å²) in [5.74, 6) is -4.64. The monoisotopic (exact) mass is 252 g/mol. The van der Waals surface area contributed by atoms with E-state index in [9.17, 15) is 13.2 Å². The van der Waals surface area contributed by atoms with Crippen LogP contribution in [0.1, 0.15) is 30.7 Å². The van der Waals surface area contributed by atoms with Crippen LogP contribution < -0.4 is 5.73 Å².